The average molecular weight is 272 g/mol. The van der Waals surface area contributed by atoms with Crippen LogP contribution in [0.4, 0.5) is 0 Å². The van der Waals surface area contributed by atoms with Crippen molar-refractivity contribution in [2.75, 3.05) is 6.54 Å². The van der Waals surface area contributed by atoms with Crippen LogP contribution >= 0.6 is 23.2 Å². The van der Waals surface area contributed by atoms with Crippen molar-refractivity contribution in [3.05, 3.63) is 34.9 Å². The molecule has 1 aliphatic rings. The van der Waals surface area contributed by atoms with Crippen molar-refractivity contribution in [2.24, 2.45) is 5.92 Å². The Morgan fingerprint density at radius 2 is 2.06 bits per heavy atom. The Bertz CT molecular complexity index is 354. The summed E-state index contributed by atoms with van der Waals surface area (Å²) in [7, 11) is 0. The van der Waals surface area contributed by atoms with Gasteiger partial charge in [-0.15, -0.1) is 11.6 Å². The monoisotopic (exact) mass is 271 g/mol. The molecule has 0 saturated heterocycles. The van der Waals surface area contributed by atoms with Crippen molar-refractivity contribution >= 4 is 23.2 Å². The van der Waals surface area contributed by atoms with Gasteiger partial charge < -0.3 is 5.32 Å². The second kappa shape index (κ2) is 6.63. The predicted molar refractivity (Wildman–Crippen MR) is 74.8 cm³/mol. The lowest BCUT2D eigenvalue weighted by molar-refractivity contribution is 0.346. The summed E-state index contributed by atoms with van der Waals surface area (Å²) in [5.41, 5.74) is 1.17. The zero-order chi connectivity index (χ0) is 12.1. The average Bonchev–Trinajstić information content (AvgIpc) is 2.32. The number of alkyl halides is 1. The minimum Gasteiger partial charge on any atom is -0.312 e. The van der Waals surface area contributed by atoms with E-state index >= 15 is 0 Å². The molecule has 2 unspecified atom stereocenters. The summed E-state index contributed by atoms with van der Waals surface area (Å²) in [5, 5.41) is 4.72. The third-order valence-corrected chi connectivity index (χ3v) is 4.19. The third kappa shape index (κ3) is 4.17. The molecular weight excluding hydrogens is 253 g/mol. The Morgan fingerprint density at radius 1 is 1.24 bits per heavy atom. The van der Waals surface area contributed by atoms with E-state index < -0.39 is 0 Å². The molecule has 0 spiro atoms. The van der Waals surface area contributed by atoms with Crippen molar-refractivity contribution in [1.29, 1.82) is 0 Å². The molecule has 0 aromatic heterocycles. The fourth-order valence-electron chi connectivity index (χ4n) is 2.46. The molecule has 0 radical (unpaired) electrons. The van der Waals surface area contributed by atoms with E-state index in [4.69, 9.17) is 23.2 Å². The number of rotatable bonds is 4. The van der Waals surface area contributed by atoms with Crippen molar-refractivity contribution in [3.8, 4) is 0 Å². The number of benzene rings is 1. The number of hydrogen-bond acceptors (Lipinski definition) is 1. The Hall–Kier alpha value is -0.240. The van der Waals surface area contributed by atoms with Crippen LogP contribution in [0.1, 0.15) is 31.2 Å². The molecule has 2 rings (SSSR count). The maximum absolute atomic E-state index is 6.18. The van der Waals surface area contributed by atoms with Gasteiger partial charge in [-0.3, -0.25) is 0 Å². The summed E-state index contributed by atoms with van der Waals surface area (Å²) in [4.78, 5) is 0. The molecule has 1 N–H and O–H groups in total. The standard InChI is InChI=1S/C14H19Cl2N/c15-13-6-3-4-11(8-13)9-17-10-12-5-1-2-7-14(12)16/h1-2,5,7,11,13,17H,3-4,6,8-10H2. The quantitative estimate of drug-likeness (QED) is 0.809. The minimum atomic E-state index is 0.385. The van der Waals surface area contributed by atoms with Gasteiger partial charge in [-0.25, -0.2) is 0 Å². The van der Waals surface area contributed by atoms with Crippen LogP contribution in [0.15, 0.2) is 24.3 Å². The second-order valence-corrected chi connectivity index (χ2v) is 5.88. The first kappa shape index (κ1) is 13.2. The van der Waals surface area contributed by atoms with E-state index in [0.29, 0.717) is 5.38 Å². The number of hydrogen-bond donors (Lipinski definition) is 1. The van der Waals surface area contributed by atoms with E-state index in [2.05, 4.69) is 11.4 Å². The topological polar surface area (TPSA) is 12.0 Å². The lowest BCUT2D eigenvalue weighted by Crippen LogP contribution is -2.27. The Labute approximate surface area is 114 Å². The highest BCUT2D eigenvalue weighted by Crippen LogP contribution is 2.27. The number of nitrogens with one attached hydrogen (secondary N) is 1. The van der Waals surface area contributed by atoms with Crippen molar-refractivity contribution in [2.45, 2.75) is 37.6 Å². The summed E-state index contributed by atoms with van der Waals surface area (Å²) in [6.07, 6.45) is 4.91. The van der Waals surface area contributed by atoms with Crippen LogP contribution in [0.25, 0.3) is 0 Å². The van der Waals surface area contributed by atoms with Crippen LogP contribution in [0.3, 0.4) is 0 Å². The molecule has 0 amide bonds. The minimum absolute atomic E-state index is 0.385. The molecule has 1 aromatic rings. The van der Waals surface area contributed by atoms with Gasteiger partial charge in [0, 0.05) is 16.9 Å². The maximum Gasteiger partial charge on any atom is 0.0450 e. The van der Waals surface area contributed by atoms with Gasteiger partial charge in [-0.05, 0) is 43.4 Å². The fraction of sp³-hybridized carbons (Fsp3) is 0.571. The maximum atomic E-state index is 6.18. The Kier molecular flexibility index (Phi) is 5.15. The summed E-state index contributed by atoms with van der Waals surface area (Å²) >= 11 is 12.3. The zero-order valence-electron chi connectivity index (χ0n) is 9.96. The largest absolute Gasteiger partial charge is 0.312 e. The summed E-state index contributed by atoms with van der Waals surface area (Å²) < 4.78 is 0. The van der Waals surface area contributed by atoms with Gasteiger partial charge in [0.15, 0.2) is 0 Å². The molecule has 94 valence electrons. The first-order valence-corrected chi connectivity index (χ1v) is 7.15. The van der Waals surface area contributed by atoms with E-state index in [9.17, 15) is 0 Å². The zero-order valence-corrected chi connectivity index (χ0v) is 11.5. The predicted octanol–water partition coefficient (Wildman–Crippen LogP) is 4.23. The Balaban J connectivity index is 1.74. The van der Waals surface area contributed by atoms with Gasteiger partial charge in [0.25, 0.3) is 0 Å². The van der Waals surface area contributed by atoms with Crippen LogP contribution < -0.4 is 5.32 Å². The van der Waals surface area contributed by atoms with E-state index in [0.717, 1.165) is 30.5 Å². The van der Waals surface area contributed by atoms with E-state index in [1.165, 1.54) is 24.8 Å². The highest BCUT2D eigenvalue weighted by molar-refractivity contribution is 6.31. The first-order valence-electron chi connectivity index (χ1n) is 6.34. The SMILES string of the molecule is Clc1ccccc1CNCC1CCCC(Cl)C1. The summed E-state index contributed by atoms with van der Waals surface area (Å²) in [5.74, 6) is 0.730. The van der Waals surface area contributed by atoms with Crippen molar-refractivity contribution in [3.63, 3.8) is 0 Å². The van der Waals surface area contributed by atoms with Gasteiger partial charge in [0.2, 0.25) is 0 Å². The molecular formula is C14H19Cl2N. The smallest absolute Gasteiger partial charge is 0.0450 e. The summed E-state index contributed by atoms with van der Waals surface area (Å²) in [6.45, 7) is 1.90. The van der Waals surface area contributed by atoms with Crippen LogP contribution in [-0.4, -0.2) is 11.9 Å². The van der Waals surface area contributed by atoms with Gasteiger partial charge in [-0.1, -0.05) is 36.2 Å². The molecule has 0 heterocycles. The highest BCUT2D eigenvalue weighted by Gasteiger charge is 2.19. The van der Waals surface area contributed by atoms with Crippen LogP contribution in [0.5, 0.6) is 0 Å². The van der Waals surface area contributed by atoms with Gasteiger partial charge in [0.05, 0.1) is 0 Å². The van der Waals surface area contributed by atoms with Crippen LogP contribution in [-0.2, 0) is 6.54 Å². The molecule has 1 fully saturated rings. The molecule has 1 saturated carbocycles. The van der Waals surface area contributed by atoms with E-state index in [-0.39, 0.29) is 0 Å². The second-order valence-electron chi connectivity index (χ2n) is 4.85. The summed E-state index contributed by atoms with van der Waals surface area (Å²) in [6, 6.07) is 8.00. The normalized spacial score (nSPS) is 24.8. The number of halogens is 2. The molecule has 3 heteroatoms. The molecule has 17 heavy (non-hydrogen) atoms. The van der Waals surface area contributed by atoms with Crippen molar-refractivity contribution < 1.29 is 0 Å². The molecule has 1 aliphatic carbocycles. The van der Waals surface area contributed by atoms with Crippen LogP contribution in [0.2, 0.25) is 5.02 Å². The lowest BCUT2D eigenvalue weighted by atomic mass is 9.89. The Morgan fingerprint density at radius 3 is 2.82 bits per heavy atom. The molecule has 1 aromatic carbocycles. The van der Waals surface area contributed by atoms with E-state index in [1.54, 1.807) is 0 Å². The van der Waals surface area contributed by atoms with Gasteiger partial charge in [-0.2, -0.15) is 0 Å². The first-order chi connectivity index (χ1) is 8.25. The van der Waals surface area contributed by atoms with Crippen molar-refractivity contribution in [1.82, 2.24) is 5.32 Å². The third-order valence-electron chi connectivity index (χ3n) is 3.43. The lowest BCUT2D eigenvalue weighted by Gasteiger charge is -2.25. The molecule has 1 nitrogen and oxygen atoms in total. The van der Waals surface area contributed by atoms with Gasteiger partial charge >= 0.3 is 0 Å². The molecule has 0 bridgehead atoms. The fourth-order valence-corrected chi connectivity index (χ4v) is 3.07. The van der Waals surface area contributed by atoms with Crippen LogP contribution in [0, 0.1) is 5.92 Å². The molecule has 2 atom stereocenters. The van der Waals surface area contributed by atoms with E-state index in [1.807, 2.05) is 18.2 Å². The molecule has 0 aliphatic heterocycles. The highest BCUT2D eigenvalue weighted by atomic mass is 35.5. The van der Waals surface area contributed by atoms with Gasteiger partial charge in [0.1, 0.15) is 0 Å².